The van der Waals surface area contributed by atoms with Crippen molar-refractivity contribution in [2.24, 2.45) is 0 Å². The van der Waals surface area contributed by atoms with Crippen LogP contribution in [-0.2, 0) is 4.79 Å². The number of hydrazine groups is 2. The maximum atomic E-state index is 13.9. The molecule has 9 heteroatoms. The summed E-state index contributed by atoms with van der Waals surface area (Å²) in [5.41, 5.74) is -0.291. The second kappa shape index (κ2) is 4.99. The molecular formula is C11H11F3N3O3+. The first-order valence-electron chi connectivity index (χ1n) is 5.53. The maximum Gasteiger partial charge on any atom is 0.386 e. The third-order valence-electron chi connectivity index (χ3n) is 2.96. The molecule has 1 aliphatic heterocycles. The fourth-order valence-corrected chi connectivity index (χ4v) is 1.95. The van der Waals surface area contributed by atoms with Crippen LogP contribution in [-0.4, -0.2) is 41.6 Å². The monoisotopic (exact) mass is 290 g/mol. The number of alkyl halides is 2. The molecule has 1 unspecified atom stereocenters. The standard InChI is InChI=1S/C11H11F3N3O3/c1-15-10(18)9(17(19)16(15)11(13)14)7-4-3-6(20-2)5-8(7)12/h3-5,9,11H,1-2H3/q+1. The van der Waals surface area contributed by atoms with Gasteiger partial charge in [-0.1, -0.05) is 0 Å². The minimum absolute atomic E-state index is 0.0727. The van der Waals surface area contributed by atoms with Crippen molar-refractivity contribution in [1.29, 1.82) is 0 Å². The Morgan fingerprint density at radius 1 is 1.40 bits per heavy atom. The van der Waals surface area contributed by atoms with Crippen molar-refractivity contribution in [3.63, 3.8) is 0 Å². The Morgan fingerprint density at radius 2 is 2.05 bits per heavy atom. The van der Waals surface area contributed by atoms with E-state index in [2.05, 4.69) is 0 Å². The van der Waals surface area contributed by atoms with Crippen molar-refractivity contribution in [3.05, 3.63) is 34.5 Å². The lowest BCUT2D eigenvalue weighted by molar-refractivity contribution is -0.757. The Bertz CT molecular complexity index is 567. The topological polar surface area (TPSA) is 52.9 Å². The highest BCUT2D eigenvalue weighted by Crippen LogP contribution is 2.32. The molecular weight excluding hydrogens is 279 g/mol. The van der Waals surface area contributed by atoms with Gasteiger partial charge in [0.2, 0.25) is 0 Å². The van der Waals surface area contributed by atoms with E-state index in [1.165, 1.54) is 13.2 Å². The van der Waals surface area contributed by atoms with Crippen molar-refractivity contribution in [1.82, 2.24) is 10.1 Å². The zero-order valence-electron chi connectivity index (χ0n) is 10.6. The number of likely N-dealkylation sites (N-methyl/N-ethyl adjacent to an activating group) is 1. The molecule has 1 fully saturated rings. The summed E-state index contributed by atoms with van der Waals surface area (Å²) in [4.78, 5) is 23.4. The number of hydrogen-bond donors (Lipinski definition) is 0. The zero-order chi connectivity index (χ0) is 15.0. The van der Waals surface area contributed by atoms with Crippen LogP contribution < -0.4 is 4.74 Å². The number of carbonyl (C=O) groups excluding carboxylic acids is 1. The molecule has 1 heterocycles. The maximum absolute atomic E-state index is 13.9. The molecule has 0 aromatic heterocycles. The molecule has 108 valence electrons. The van der Waals surface area contributed by atoms with Crippen molar-refractivity contribution >= 4 is 5.91 Å². The van der Waals surface area contributed by atoms with Gasteiger partial charge in [0.05, 0.1) is 17.6 Å². The molecule has 2 rings (SSSR count). The summed E-state index contributed by atoms with van der Waals surface area (Å²) < 4.78 is 44.1. The highest BCUT2D eigenvalue weighted by molar-refractivity contribution is 5.82. The van der Waals surface area contributed by atoms with Gasteiger partial charge in [-0.2, -0.15) is 13.8 Å². The molecule has 1 aromatic carbocycles. The van der Waals surface area contributed by atoms with Gasteiger partial charge in [0, 0.05) is 18.2 Å². The van der Waals surface area contributed by atoms with Gasteiger partial charge in [-0.05, 0) is 12.1 Å². The van der Waals surface area contributed by atoms with Crippen LogP contribution in [0.15, 0.2) is 18.2 Å². The van der Waals surface area contributed by atoms with E-state index in [4.69, 9.17) is 4.74 Å². The molecule has 1 atom stereocenters. The van der Waals surface area contributed by atoms with E-state index in [1.54, 1.807) is 0 Å². The molecule has 0 N–H and O–H groups in total. The van der Waals surface area contributed by atoms with Crippen LogP contribution in [0.2, 0.25) is 0 Å². The summed E-state index contributed by atoms with van der Waals surface area (Å²) >= 11 is 0. The second-order valence-electron chi connectivity index (χ2n) is 4.05. The molecule has 0 saturated carbocycles. The van der Waals surface area contributed by atoms with E-state index in [0.29, 0.717) is 5.01 Å². The molecule has 1 amide bonds. The summed E-state index contributed by atoms with van der Waals surface area (Å²) in [5, 5.41) is 0.392. The molecule has 1 saturated heterocycles. The van der Waals surface area contributed by atoms with Gasteiger partial charge in [0.25, 0.3) is 0 Å². The van der Waals surface area contributed by atoms with Gasteiger partial charge >= 0.3 is 18.5 Å². The first-order chi connectivity index (χ1) is 9.38. The third kappa shape index (κ3) is 2.04. The summed E-state index contributed by atoms with van der Waals surface area (Å²) in [6.45, 7) is -3.20. The SMILES string of the molecule is COc1ccc(C2C(=O)N(C)N(C(F)F)[N+]2=O)c(F)c1. The lowest BCUT2D eigenvalue weighted by Gasteiger charge is -2.12. The largest absolute Gasteiger partial charge is 0.497 e. The highest BCUT2D eigenvalue weighted by Gasteiger charge is 2.57. The quantitative estimate of drug-likeness (QED) is 0.625. The molecule has 1 aliphatic rings. The number of carbonyl (C=O) groups is 1. The number of amides is 1. The molecule has 6 nitrogen and oxygen atoms in total. The lowest BCUT2D eigenvalue weighted by Crippen LogP contribution is -2.41. The Labute approximate surface area is 111 Å². The molecule has 0 bridgehead atoms. The van der Waals surface area contributed by atoms with Crippen LogP contribution in [0.1, 0.15) is 11.6 Å². The second-order valence-corrected chi connectivity index (χ2v) is 4.05. The Hall–Kier alpha value is -2.32. The molecule has 1 aromatic rings. The number of ether oxygens (including phenoxy) is 1. The number of methoxy groups -OCH3 is 1. The van der Waals surface area contributed by atoms with Crippen molar-refractivity contribution < 1.29 is 27.6 Å². The third-order valence-corrected chi connectivity index (χ3v) is 2.96. The molecule has 0 spiro atoms. The van der Waals surface area contributed by atoms with E-state index in [9.17, 15) is 22.9 Å². The van der Waals surface area contributed by atoms with E-state index in [0.717, 1.165) is 19.2 Å². The fraction of sp³-hybridized carbons (Fsp3) is 0.364. The summed E-state index contributed by atoms with van der Waals surface area (Å²) in [6, 6.07) is 1.79. The predicted molar refractivity (Wildman–Crippen MR) is 59.9 cm³/mol. The van der Waals surface area contributed by atoms with Gasteiger partial charge in [0.1, 0.15) is 11.6 Å². The van der Waals surface area contributed by atoms with Crippen LogP contribution in [0.5, 0.6) is 5.75 Å². The van der Waals surface area contributed by atoms with Crippen LogP contribution in [0.4, 0.5) is 13.2 Å². The van der Waals surface area contributed by atoms with Crippen LogP contribution in [0.25, 0.3) is 0 Å². The lowest BCUT2D eigenvalue weighted by atomic mass is 10.1. The van der Waals surface area contributed by atoms with Gasteiger partial charge < -0.3 is 4.74 Å². The smallest absolute Gasteiger partial charge is 0.386 e. The fourth-order valence-electron chi connectivity index (χ4n) is 1.95. The van der Waals surface area contributed by atoms with Crippen LogP contribution >= 0.6 is 0 Å². The van der Waals surface area contributed by atoms with E-state index >= 15 is 0 Å². The Kier molecular flexibility index (Phi) is 3.51. The average Bonchev–Trinajstić information content (AvgIpc) is 2.61. The van der Waals surface area contributed by atoms with E-state index < -0.39 is 24.3 Å². The minimum Gasteiger partial charge on any atom is -0.497 e. The summed E-state index contributed by atoms with van der Waals surface area (Å²) in [5.74, 6) is -1.63. The first kappa shape index (κ1) is 14.1. The number of rotatable bonds is 3. The normalized spacial score (nSPS) is 19.2. The van der Waals surface area contributed by atoms with Crippen LogP contribution in [0, 0.1) is 10.7 Å². The van der Waals surface area contributed by atoms with E-state index in [1.807, 2.05) is 0 Å². The first-order valence-corrected chi connectivity index (χ1v) is 5.53. The van der Waals surface area contributed by atoms with Gasteiger partial charge in [-0.3, -0.25) is 4.79 Å². The van der Waals surface area contributed by atoms with Crippen molar-refractivity contribution in [2.45, 2.75) is 12.6 Å². The van der Waals surface area contributed by atoms with Gasteiger partial charge in [-0.25, -0.2) is 4.39 Å². The summed E-state index contributed by atoms with van der Waals surface area (Å²) in [7, 11) is 2.34. The van der Waals surface area contributed by atoms with Crippen molar-refractivity contribution in [3.8, 4) is 5.75 Å². The average molecular weight is 290 g/mol. The van der Waals surface area contributed by atoms with Gasteiger partial charge in [0.15, 0.2) is 4.87 Å². The van der Waals surface area contributed by atoms with Crippen molar-refractivity contribution in [2.75, 3.05) is 14.2 Å². The number of benzene rings is 1. The molecule has 0 radical (unpaired) electrons. The molecule has 0 aliphatic carbocycles. The highest BCUT2D eigenvalue weighted by atomic mass is 19.3. The number of nitroso groups, excluding NO2 is 1. The van der Waals surface area contributed by atoms with Gasteiger partial charge in [-0.15, -0.1) is 0 Å². The number of halogens is 3. The molecule has 20 heavy (non-hydrogen) atoms. The zero-order valence-corrected chi connectivity index (χ0v) is 10.6. The predicted octanol–water partition coefficient (Wildman–Crippen LogP) is 1.48. The number of nitrogens with zero attached hydrogens (tertiary/aromatic N) is 3. The Balaban J connectivity index is 2.43. The number of hydrogen-bond acceptors (Lipinski definition) is 3. The minimum atomic E-state index is -3.20. The van der Waals surface area contributed by atoms with Crippen LogP contribution in [0.3, 0.4) is 0 Å². The van der Waals surface area contributed by atoms with E-state index in [-0.39, 0.29) is 21.3 Å². The Morgan fingerprint density at radius 3 is 2.50 bits per heavy atom. The summed E-state index contributed by atoms with van der Waals surface area (Å²) in [6.07, 6.45) is 0.